The van der Waals surface area contributed by atoms with Gasteiger partial charge in [-0.2, -0.15) is 0 Å². The first kappa shape index (κ1) is 11.4. The van der Waals surface area contributed by atoms with Gasteiger partial charge in [0, 0.05) is 0 Å². The summed E-state index contributed by atoms with van der Waals surface area (Å²) in [6.45, 7) is 1.63. The number of benzene rings is 1. The Labute approximate surface area is 102 Å². The van der Waals surface area contributed by atoms with E-state index in [2.05, 4.69) is 10.3 Å². The molecule has 0 amide bonds. The molecule has 1 heterocycles. The molecule has 2 aromatic rings. The van der Waals surface area contributed by atoms with E-state index in [-0.39, 0.29) is 0 Å². The van der Waals surface area contributed by atoms with E-state index in [0.717, 1.165) is 5.69 Å². The van der Waals surface area contributed by atoms with Gasteiger partial charge in [-0.25, -0.2) is 4.68 Å². The van der Waals surface area contributed by atoms with Gasteiger partial charge in [0.25, 0.3) is 0 Å². The molecule has 0 bridgehead atoms. The summed E-state index contributed by atoms with van der Waals surface area (Å²) in [5, 5.41) is 18.0. The standard InChI is InChI=1S/C10H9Cl2N3O/c1-6(16)10-5-15(14-13-10)7-2-3-8(11)9(12)4-7/h2-6,16H,1H3. The minimum atomic E-state index is -0.642. The van der Waals surface area contributed by atoms with E-state index in [0.29, 0.717) is 15.7 Å². The average molecular weight is 258 g/mol. The molecule has 6 heteroatoms. The molecular formula is C10H9Cl2N3O. The molecule has 0 saturated carbocycles. The van der Waals surface area contributed by atoms with E-state index in [1.165, 1.54) is 4.68 Å². The Balaban J connectivity index is 2.39. The minimum Gasteiger partial charge on any atom is -0.387 e. The maximum Gasteiger partial charge on any atom is 0.111 e. The molecule has 2 rings (SSSR count). The van der Waals surface area contributed by atoms with Crippen molar-refractivity contribution in [3.8, 4) is 5.69 Å². The predicted octanol–water partition coefficient (Wildman–Crippen LogP) is 2.63. The monoisotopic (exact) mass is 257 g/mol. The van der Waals surface area contributed by atoms with E-state index in [4.69, 9.17) is 23.2 Å². The second kappa shape index (κ2) is 4.41. The lowest BCUT2D eigenvalue weighted by Crippen LogP contribution is -1.94. The Morgan fingerprint density at radius 2 is 2.06 bits per heavy atom. The summed E-state index contributed by atoms with van der Waals surface area (Å²) >= 11 is 11.7. The molecule has 1 unspecified atom stereocenters. The summed E-state index contributed by atoms with van der Waals surface area (Å²) in [4.78, 5) is 0. The fraction of sp³-hybridized carbons (Fsp3) is 0.200. The van der Waals surface area contributed by atoms with Crippen LogP contribution >= 0.6 is 23.2 Å². The lowest BCUT2D eigenvalue weighted by Gasteiger charge is -2.01. The second-order valence-electron chi connectivity index (χ2n) is 3.36. The maximum absolute atomic E-state index is 9.32. The number of hydrogen-bond donors (Lipinski definition) is 1. The lowest BCUT2D eigenvalue weighted by molar-refractivity contribution is 0.194. The molecule has 1 aromatic carbocycles. The van der Waals surface area contributed by atoms with E-state index >= 15 is 0 Å². The molecule has 0 aliphatic heterocycles. The number of aliphatic hydroxyl groups is 1. The average Bonchev–Trinajstić information content (AvgIpc) is 2.71. The second-order valence-corrected chi connectivity index (χ2v) is 4.18. The van der Waals surface area contributed by atoms with Crippen molar-refractivity contribution in [3.63, 3.8) is 0 Å². The Kier molecular flexibility index (Phi) is 3.14. The zero-order valence-corrected chi connectivity index (χ0v) is 9.94. The number of hydrogen-bond acceptors (Lipinski definition) is 3. The van der Waals surface area contributed by atoms with Gasteiger partial charge in [0.15, 0.2) is 0 Å². The first-order valence-electron chi connectivity index (χ1n) is 4.63. The highest BCUT2D eigenvalue weighted by atomic mass is 35.5. The zero-order chi connectivity index (χ0) is 11.7. The van der Waals surface area contributed by atoms with Crippen LogP contribution in [0.5, 0.6) is 0 Å². The third kappa shape index (κ3) is 2.19. The van der Waals surface area contributed by atoms with Gasteiger partial charge in [0.1, 0.15) is 5.69 Å². The normalized spacial score (nSPS) is 12.8. The Hall–Kier alpha value is -1.10. The van der Waals surface area contributed by atoms with Crippen molar-refractivity contribution in [2.24, 2.45) is 0 Å². The van der Waals surface area contributed by atoms with Crippen LogP contribution in [0.4, 0.5) is 0 Å². The number of aromatic nitrogens is 3. The summed E-state index contributed by atoms with van der Waals surface area (Å²) in [7, 11) is 0. The van der Waals surface area contributed by atoms with E-state index in [9.17, 15) is 5.11 Å². The van der Waals surface area contributed by atoms with Crippen LogP contribution in [-0.2, 0) is 0 Å². The van der Waals surface area contributed by atoms with Crippen LogP contribution in [0.3, 0.4) is 0 Å². The number of rotatable bonds is 2. The molecule has 0 spiro atoms. The third-order valence-corrected chi connectivity index (χ3v) is 2.85. The molecule has 84 valence electrons. The molecule has 4 nitrogen and oxygen atoms in total. The first-order valence-corrected chi connectivity index (χ1v) is 5.39. The van der Waals surface area contributed by atoms with Crippen molar-refractivity contribution in [2.45, 2.75) is 13.0 Å². The Bertz CT molecular complexity index is 511. The number of aliphatic hydroxyl groups excluding tert-OH is 1. The van der Waals surface area contributed by atoms with Crippen molar-refractivity contribution >= 4 is 23.2 Å². The largest absolute Gasteiger partial charge is 0.387 e. The topological polar surface area (TPSA) is 50.9 Å². The molecule has 1 atom stereocenters. The van der Waals surface area contributed by atoms with Gasteiger partial charge in [-0.15, -0.1) is 5.10 Å². The number of nitrogens with zero attached hydrogens (tertiary/aromatic N) is 3. The molecular weight excluding hydrogens is 249 g/mol. The predicted molar refractivity (Wildman–Crippen MR) is 62.0 cm³/mol. The van der Waals surface area contributed by atoms with Gasteiger partial charge in [0.05, 0.1) is 28.0 Å². The summed E-state index contributed by atoms with van der Waals surface area (Å²) in [6, 6.07) is 5.14. The van der Waals surface area contributed by atoms with Crippen LogP contribution in [0.25, 0.3) is 5.69 Å². The third-order valence-electron chi connectivity index (χ3n) is 2.11. The van der Waals surface area contributed by atoms with Gasteiger partial charge >= 0.3 is 0 Å². The van der Waals surface area contributed by atoms with Crippen molar-refractivity contribution in [2.75, 3.05) is 0 Å². The highest BCUT2D eigenvalue weighted by Crippen LogP contribution is 2.24. The minimum absolute atomic E-state index is 0.452. The van der Waals surface area contributed by atoms with Crippen LogP contribution < -0.4 is 0 Å². The molecule has 0 aliphatic carbocycles. The van der Waals surface area contributed by atoms with Crippen LogP contribution in [0, 0.1) is 0 Å². The highest BCUT2D eigenvalue weighted by molar-refractivity contribution is 6.42. The van der Waals surface area contributed by atoms with Gasteiger partial charge in [0.2, 0.25) is 0 Å². The fourth-order valence-electron chi connectivity index (χ4n) is 1.22. The van der Waals surface area contributed by atoms with Crippen molar-refractivity contribution < 1.29 is 5.11 Å². The Morgan fingerprint density at radius 1 is 1.31 bits per heavy atom. The van der Waals surface area contributed by atoms with Crippen LogP contribution in [0.1, 0.15) is 18.7 Å². The summed E-state index contributed by atoms with van der Waals surface area (Å²) in [6.07, 6.45) is 1.00. The Morgan fingerprint density at radius 3 is 2.62 bits per heavy atom. The van der Waals surface area contributed by atoms with E-state index in [1.54, 1.807) is 31.3 Å². The summed E-state index contributed by atoms with van der Waals surface area (Å²) in [5.41, 5.74) is 1.25. The highest BCUT2D eigenvalue weighted by Gasteiger charge is 2.08. The van der Waals surface area contributed by atoms with Gasteiger partial charge in [-0.3, -0.25) is 0 Å². The van der Waals surface area contributed by atoms with E-state index in [1.807, 2.05) is 0 Å². The molecule has 16 heavy (non-hydrogen) atoms. The van der Waals surface area contributed by atoms with Gasteiger partial charge < -0.3 is 5.11 Å². The van der Waals surface area contributed by atoms with Gasteiger partial charge in [-0.1, -0.05) is 28.4 Å². The number of halogens is 2. The van der Waals surface area contributed by atoms with Gasteiger partial charge in [-0.05, 0) is 25.1 Å². The summed E-state index contributed by atoms with van der Waals surface area (Å²) in [5.74, 6) is 0. The molecule has 0 fully saturated rings. The van der Waals surface area contributed by atoms with Crippen molar-refractivity contribution in [3.05, 3.63) is 40.1 Å². The zero-order valence-electron chi connectivity index (χ0n) is 8.43. The fourth-order valence-corrected chi connectivity index (χ4v) is 1.51. The smallest absolute Gasteiger partial charge is 0.111 e. The molecule has 0 saturated heterocycles. The van der Waals surface area contributed by atoms with E-state index < -0.39 is 6.10 Å². The quantitative estimate of drug-likeness (QED) is 0.900. The molecule has 1 N–H and O–H groups in total. The molecule has 0 radical (unpaired) electrons. The lowest BCUT2D eigenvalue weighted by atomic mass is 10.3. The van der Waals surface area contributed by atoms with Crippen LogP contribution in [0.15, 0.2) is 24.4 Å². The van der Waals surface area contributed by atoms with Crippen LogP contribution in [0.2, 0.25) is 10.0 Å². The SMILES string of the molecule is CC(O)c1cn(-c2ccc(Cl)c(Cl)c2)nn1. The first-order chi connectivity index (χ1) is 7.58. The molecule has 1 aromatic heterocycles. The van der Waals surface area contributed by atoms with Crippen molar-refractivity contribution in [1.29, 1.82) is 0 Å². The molecule has 0 aliphatic rings. The van der Waals surface area contributed by atoms with Crippen LogP contribution in [-0.4, -0.2) is 20.1 Å². The van der Waals surface area contributed by atoms with Crippen molar-refractivity contribution in [1.82, 2.24) is 15.0 Å². The maximum atomic E-state index is 9.32. The summed E-state index contributed by atoms with van der Waals surface area (Å²) < 4.78 is 1.53.